The highest BCUT2D eigenvalue weighted by molar-refractivity contribution is 7.21. The van der Waals surface area contributed by atoms with E-state index >= 15 is 0 Å². The highest BCUT2D eigenvalue weighted by Crippen LogP contribution is 2.38. The number of nitrogens with one attached hydrogen (secondary N) is 2. The van der Waals surface area contributed by atoms with Crippen LogP contribution in [0.1, 0.15) is 0 Å². The molecule has 10 nitrogen and oxygen atoms in total. The average molecular weight is 480 g/mol. The molecule has 5 heterocycles. The smallest absolute Gasteiger partial charge is 0.325 e. The normalized spacial score (nSPS) is 23.4. The van der Waals surface area contributed by atoms with E-state index < -0.39 is 29.8 Å². The van der Waals surface area contributed by atoms with E-state index in [9.17, 15) is 18.4 Å². The Labute approximate surface area is 190 Å². The molecule has 5 rings (SSSR count). The molecule has 33 heavy (non-hydrogen) atoms. The summed E-state index contributed by atoms with van der Waals surface area (Å²) < 4.78 is 40.8. The van der Waals surface area contributed by atoms with Crippen molar-refractivity contribution in [3.8, 4) is 10.4 Å². The molecule has 2 aliphatic rings. The summed E-state index contributed by atoms with van der Waals surface area (Å²) in [6.07, 6.45) is 1.10. The summed E-state index contributed by atoms with van der Waals surface area (Å²) in [5.41, 5.74) is -0.897. The molecular formula is C20H22F2N6O4S. The van der Waals surface area contributed by atoms with Crippen molar-refractivity contribution < 1.29 is 18.3 Å². The minimum Gasteiger partial charge on any atom is -0.373 e. The van der Waals surface area contributed by atoms with Crippen molar-refractivity contribution in [1.82, 2.24) is 24.8 Å². The van der Waals surface area contributed by atoms with Crippen molar-refractivity contribution in [3.05, 3.63) is 39.4 Å². The van der Waals surface area contributed by atoms with Gasteiger partial charge in [-0.05, 0) is 13.1 Å². The standard InChI is InChI=1S/C20H22F2N6O4S/c1-27-2-3-31-11(6-27)8-32-15-7-28(9-20(15,21)22)16-12-4-14(33-18(12)25-10-24-16)13-5-23-19(30)26-17(13)29/h4-5,10-11,15H,2-3,6-9H2,1H3,(H2,23,26,29,30). The summed E-state index contributed by atoms with van der Waals surface area (Å²) in [6.45, 7) is 1.51. The second-order valence-corrected chi connectivity index (χ2v) is 9.26. The van der Waals surface area contributed by atoms with Crippen LogP contribution in [0.25, 0.3) is 20.7 Å². The van der Waals surface area contributed by atoms with Gasteiger partial charge >= 0.3 is 5.69 Å². The molecule has 176 valence electrons. The van der Waals surface area contributed by atoms with Gasteiger partial charge in [0.1, 0.15) is 23.1 Å². The molecule has 0 aliphatic carbocycles. The topological polar surface area (TPSA) is 116 Å². The molecule has 0 radical (unpaired) electrons. The fourth-order valence-electron chi connectivity index (χ4n) is 4.10. The number of aromatic nitrogens is 4. The lowest BCUT2D eigenvalue weighted by atomic mass is 10.2. The van der Waals surface area contributed by atoms with Crippen molar-refractivity contribution in [1.29, 1.82) is 0 Å². The van der Waals surface area contributed by atoms with E-state index in [1.807, 2.05) is 7.05 Å². The van der Waals surface area contributed by atoms with Crippen LogP contribution >= 0.6 is 11.3 Å². The molecule has 2 N–H and O–H groups in total. The fourth-order valence-corrected chi connectivity index (χ4v) is 5.11. The van der Waals surface area contributed by atoms with Crippen molar-refractivity contribution in [2.75, 3.05) is 51.3 Å². The Bertz CT molecular complexity index is 1280. The first-order chi connectivity index (χ1) is 15.8. The van der Waals surface area contributed by atoms with Gasteiger partial charge in [-0.15, -0.1) is 11.3 Å². The van der Waals surface area contributed by atoms with Crippen LogP contribution in [0, 0.1) is 0 Å². The molecule has 2 aliphatic heterocycles. The van der Waals surface area contributed by atoms with Gasteiger partial charge in [-0.3, -0.25) is 9.78 Å². The molecule has 2 atom stereocenters. The number of halogens is 2. The van der Waals surface area contributed by atoms with Gasteiger partial charge in [0.25, 0.3) is 11.5 Å². The van der Waals surface area contributed by atoms with E-state index in [2.05, 4.69) is 24.8 Å². The van der Waals surface area contributed by atoms with Crippen molar-refractivity contribution >= 4 is 27.4 Å². The predicted molar refractivity (Wildman–Crippen MR) is 118 cm³/mol. The van der Waals surface area contributed by atoms with Gasteiger partial charge in [-0.2, -0.15) is 0 Å². The molecule has 2 fully saturated rings. The van der Waals surface area contributed by atoms with E-state index in [0.717, 1.165) is 6.54 Å². The Morgan fingerprint density at radius 3 is 2.97 bits per heavy atom. The van der Waals surface area contributed by atoms with Crippen LogP contribution in [-0.4, -0.2) is 89.4 Å². The summed E-state index contributed by atoms with van der Waals surface area (Å²) in [5.74, 6) is -2.71. The van der Waals surface area contributed by atoms with E-state index in [1.165, 1.54) is 28.8 Å². The highest BCUT2D eigenvalue weighted by Gasteiger charge is 2.50. The maximum Gasteiger partial charge on any atom is 0.325 e. The van der Waals surface area contributed by atoms with Gasteiger partial charge in [0.15, 0.2) is 0 Å². The number of morpholine rings is 1. The van der Waals surface area contributed by atoms with Gasteiger partial charge in [0, 0.05) is 24.2 Å². The molecule has 0 aromatic carbocycles. The monoisotopic (exact) mass is 480 g/mol. The third kappa shape index (κ3) is 4.40. The number of likely N-dealkylation sites (N-methyl/N-ethyl adjacent to an activating group) is 1. The number of fused-ring (bicyclic) bond motifs is 1. The lowest BCUT2D eigenvalue weighted by Gasteiger charge is -2.31. The van der Waals surface area contributed by atoms with Crippen LogP contribution in [0.15, 0.2) is 28.2 Å². The number of ether oxygens (including phenoxy) is 2. The number of anilines is 1. The van der Waals surface area contributed by atoms with E-state index in [-0.39, 0.29) is 24.8 Å². The van der Waals surface area contributed by atoms with Crippen LogP contribution in [0.3, 0.4) is 0 Å². The minimum atomic E-state index is -3.06. The zero-order valence-corrected chi connectivity index (χ0v) is 18.5. The summed E-state index contributed by atoms with van der Waals surface area (Å²) in [5, 5.41) is 0.553. The maximum absolute atomic E-state index is 14.8. The highest BCUT2D eigenvalue weighted by atomic mass is 32.1. The Kier molecular flexibility index (Phi) is 5.72. The van der Waals surface area contributed by atoms with Crippen molar-refractivity contribution in [2.45, 2.75) is 18.1 Å². The van der Waals surface area contributed by atoms with Gasteiger partial charge in [-0.1, -0.05) is 0 Å². The van der Waals surface area contributed by atoms with Crippen molar-refractivity contribution in [3.63, 3.8) is 0 Å². The first kappa shape index (κ1) is 22.1. The Hall–Kier alpha value is -2.74. The molecule has 0 saturated carbocycles. The number of hydrogen-bond acceptors (Lipinski definition) is 9. The number of nitrogens with zero attached hydrogens (tertiary/aromatic N) is 4. The van der Waals surface area contributed by atoms with Gasteiger partial charge in [-0.25, -0.2) is 23.5 Å². The lowest BCUT2D eigenvalue weighted by molar-refractivity contribution is -0.136. The first-order valence-electron chi connectivity index (χ1n) is 10.4. The van der Waals surface area contributed by atoms with Gasteiger partial charge in [0.05, 0.1) is 43.4 Å². The minimum absolute atomic E-state index is 0.0356. The predicted octanol–water partition coefficient (Wildman–Crippen LogP) is 0.906. The summed E-state index contributed by atoms with van der Waals surface area (Å²) in [4.78, 5) is 41.2. The molecule has 3 aromatic heterocycles. The largest absolute Gasteiger partial charge is 0.373 e. The Morgan fingerprint density at radius 2 is 2.18 bits per heavy atom. The summed E-state index contributed by atoms with van der Waals surface area (Å²) >= 11 is 1.21. The first-order valence-corrected chi connectivity index (χ1v) is 11.2. The van der Waals surface area contributed by atoms with Crippen LogP contribution in [-0.2, 0) is 9.47 Å². The molecule has 2 unspecified atom stereocenters. The van der Waals surface area contributed by atoms with E-state index in [0.29, 0.717) is 34.1 Å². The third-order valence-corrected chi connectivity index (χ3v) is 6.85. The fraction of sp³-hybridized carbons (Fsp3) is 0.500. The average Bonchev–Trinajstić information content (AvgIpc) is 3.32. The lowest BCUT2D eigenvalue weighted by Crippen LogP contribution is -2.44. The maximum atomic E-state index is 14.8. The number of aromatic amines is 2. The molecule has 3 aromatic rings. The van der Waals surface area contributed by atoms with Crippen LogP contribution in [0.4, 0.5) is 14.6 Å². The van der Waals surface area contributed by atoms with E-state index in [4.69, 9.17) is 9.47 Å². The molecular weight excluding hydrogens is 458 g/mol. The molecule has 2 saturated heterocycles. The van der Waals surface area contributed by atoms with Crippen LogP contribution in [0.2, 0.25) is 0 Å². The quantitative estimate of drug-likeness (QED) is 0.554. The second kappa shape index (κ2) is 8.56. The number of alkyl halides is 2. The zero-order chi connectivity index (χ0) is 23.2. The Morgan fingerprint density at radius 1 is 1.33 bits per heavy atom. The number of hydrogen-bond donors (Lipinski definition) is 2. The molecule has 0 amide bonds. The number of rotatable bonds is 5. The number of thiophene rings is 1. The molecule has 13 heteroatoms. The summed E-state index contributed by atoms with van der Waals surface area (Å²) in [6, 6.07) is 1.68. The second-order valence-electron chi connectivity index (χ2n) is 8.23. The number of H-pyrrole nitrogens is 2. The zero-order valence-electron chi connectivity index (χ0n) is 17.7. The van der Waals surface area contributed by atoms with Gasteiger partial charge < -0.3 is 24.3 Å². The van der Waals surface area contributed by atoms with Crippen LogP contribution in [0.5, 0.6) is 0 Å². The summed E-state index contributed by atoms with van der Waals surface area (Å²) in [7, 11) is 1.96. The molecule has 0 bridgehead atoms. The van der Waals surface area contributed by atoms with Crippen molar-refractivity contribution in [2.24, 2.45) is 0 Å². The van der Waals surface area contributed by atoms with Crippen LogP contribution < -0.4 is 16.1 Å². The Balaban J connectivity index is 1.38. The SMILES string of the molecule is CN1CCOC(COC2CN(c3ncnc4sc(-c5c[nH]c(=O)[nH]c5=O)cc34)CC2(F)F)C1. The third-order valence-electron chi connectivity index (χ3n) is 5.78. The molecule has 0 spiro atoms. The van der Waals surface area contributed by atoms with E-state index in [1.54, 1.807) is 6.07 Å². The van der Waals surface area contributed by atoms with Gasteiger partial charge in [0.2, 0.25) is 0 Å².